The Morgan fingerprint density at radius 2 is 2.11 bits per heavy atom. The highest BCUT2D eigenvalue weighted by atomic mass is 19.4. The third-order valence-electron chi connectivity index (χ3n) is 4.84. The second-order valence-electron chi connectivity index (χ2n) is 7.03. The number of fused-ring (bicyclic) bond motifs is 1. The minimum atomic E-state index is -4.47. The van der Waals surface area contributed by atoms with Gasteiger partial charge in [0.2, 0.25) is 0 Å². The molecule has 3 heterocycles. The van der Waals surface area contributed by atoms with Crippen LogP contribution in [0.15, 0.2) is 18.5 Å². The third kappa shape index (κ3) is 3.77. The molecule has 0 aromatic carbocycles. The van der Waals surface area contributed by atoms with Gasteiger partial charge in [0.05, 0.1) is 6.20 Å². The third-order valence-corrected chi connectivity index (χ3v) is 4.84. The molecule has 1 fully saturated rings. The van der Waals surface area contributed by atoms with Crippen molar-refractivity contribution in [3.63, 3.8) is 0 Å². The van der Waals surface area contributed by atoms with Gasteiger partial charge in [-0.15, -0.1) is 0 Å². The van der Waals surface area contributed by atoms with Gasteiger partial charge < -0.3 is 15.2 Å². The number of aromatic nitrogens is 2. The van der Waals surface area contributed by atoms with Crippen LogP contribution in [0.3, 0.4) is 0 Å². The maximum atomic E-state index is 14.4. The van der Waals surface area contributed by atoms with Crippen molar-refractivity contribution in [2.24, 2.45) is 5.92 Å². The average Bonchev–Trinajstić information content (AvgIpc) is 3.09. The average molecular weight is 382 g/mol. The van der Waals surface area contributed by atoms with E-state index in [-0.39, 0.29) is 18.2 Å². The number of hydrogen-bond acceptors (Lipinski definition) is 3. The Morgan fingerprint density at radius 1 is 1.33 bits per heavy atom. The molecular formula is C18H18F4N4O. The Balaban J connectivity index is 1.62. The SMILES string of the molecule is O=C(c1cc(-c2c(F)cnc3c2CCN3)c[nH]1)N(CC1CC1)CC(F)(F)F. The van der Waals surface area contributed by atoms with E-state index in [0.29, 0.717) is 35.5 Å². The fourth-order valence-corrected chi connectivity index (χ4v) is 3.42. The van der Waals surface area contributed by atoms with Crippen molar-refractivity contribution in [1.82, 2.24) is 14.9 Å². The molecule has 0 saturated heterocycles. The van der Waals surface area contributed by atoms with Crippen LogP contribution in [-0.4, -0.2) is 46.6 Å². The van der Waals surface area contributed by atoms with Crippen molar-refractivity contribution in [3.8, 4) is 11.1 Å². The van der Waals surface area contributed by atoms with Crippen molar-refractivity contribution in [3.05, 3.63) is 35.5 Å². The number of halogens is 4. The molecule has 0 spiro atoms. The molecule has 4 rings (SSSR count). The molecule has 2 aliphatic rings. The van der Waals surface area contributed by atoms with E-state index >= 15 is 0 Å². The van der Waals surface area contributed by atoms with E-state index < -0.39 is 24.4 Å². The van der Waals surface area contributed by atoms with Crippen LogP contribution in [0.25, 0.3) is 11.1 Å². The molecule has 27 heavy (non-hydrogen) atoms. The molecule has 2 aromatic rings. The summed E-state index contributed by atoms with van der Waals surface area (Å²) in [6.07, 6.45) is 0.338. The summed E-state index contributed by atoms with van der Waals surface area (Å²) in [6.45, 7) is -0.578. The first kappa shape index (κ1) is 17.8. The molecule has 1 amide bonds. The molecule has 0 radical (unpaired) electrons. The number of amides is 1. The second kappa shape index (κ2) is 6.54. The Kier molecular flexibility index (Phi) is 4.32. The largest absolute Gasteiger partial charge is 0.406 e. The van der Waals surface area contributed by atoms with Crippen molar-refractivity contribution >= 4 is 11.7 Å². The molecular weight excluding hydrogens is 364 g/mol. The van der Waals surface area contributed by atoms with Gasteiger partial charge in [-0.1, -0.05) is 0 Å². The Hall–Kier alpha value is -2.58. The van der Waals surface area contributed by atoms with Crippen LogP contribution >= 0.6 is 0 Å². The number of hydrogen-bond donors (Lipinski definition) is 2. The highest BCUT2D eigenvalue weighted by Crippen LogP contribution is 2.35. The zero-order valence-electron chi connectivity index (χ0n) is 14.4. The van der Waals surface area contributed by atoms with Gasteiger partial charge in [0.15, 0.2) is 0 Å². The maximum absolute atomic E-state index is 14.4. The van der Waals surface area contributed by atoms with Crippen molar-refractivity contribution in [2.75, 3.05) is 25.0 Å². The fraction of sp³-hybridized carbons (Fsp3) is 0.444. The minimum absolute atomic E-state index is 0.0193. The molecule has 2 aromatic heterocycles. The number of anilines is 1. The molecule has 0 bridgehead atoms. The monoisotopic (exact) mass is 382 g/mol. The topological polar surface area (TPSA) is 61.0 Å². The lowest BCUT2D eigenvalue weighted by atomic mass is 10.0. The Morgan fingerprint density at radius 3 is 2.81 bits per heavy atom. The van der Waals surface area contributed by atoms with E-state index in [1.54, 1.807) is 0 Å². The van der Waals surface area contributed by atoms with Crippen molar-refractivity contribution < 1.29 is 22.4 Å². The van der Waals surface area contributed by atoms with E-state index in [1.807, 2.05) is 0 Å². The van der Waals surface area contributed by atoms with Crippen LogP contribution in [0.5, 0.6) is 0 Å². The summed E-state index contributed by atoms with van der Waals surface area (Å²) >= 11 is 0. The molecule has 0 atom stereocenters. The van der Waals surface area contributed by atoms with Crippen LogP contribution in [0.1, 0.15) is 28.9 Å². The van der Waals surface area contributed by atoms with Gasteiger partial charge >= 0.3 is 6.18 Å². The van der Waals surface area contributed by atoms with E-state index in [1.165, 1.54) is 12.3 Å². The number of nitrogens with one attached hydrogen (secondary N) is 2. The lowest BCUT2D eigenvalue weighted by molar-refractivity contribution is -0.141. The van der Waals surface area contributed by atoms with Crippen LogP contribution in [0.4, 0.5) is 23.4 Å². The minimum Gasteiger partial charge on any atom is -0.369 e. The zero-order chi connectivity index (χ0) is 19.2. The molecule has 1 aliphatic carbocycles. The van der Waals surface area contributed by atoms with Crippen LogP contribution < -0.4 is 5.32 Å². The number of nitrogens with zero attached hydrogens (tertiary/aromatic N) is 2. The van der Waals surface area contributed by atoms with Gasteiger partial charge in [0.25, 0.3) is 5.91 Å². The molecule has 1 aliphatic heterocycles. The van der Waals surface area contributed by atoms with Crippen LogP contribution in [0, 0.1) is 11.7 Å². The first-order chi connectivity index (χ1) is 12.8. The predicted octanol–water partition coefficient (Wildman–Crippen LogP) is 3.60. The smallest absolute Gasteiger partial charge is 0.369 e. The number of carbonyl (C=O) groups is 1. The van der Waals surface area contributed by atoms with Gasteiger partial charge in [-0.05, 0) is 31.2 Å². The standard InChI is InChI=1S/C18H18F4N4O/c19-13-7-25-16-12(3-4-23-16)15(13)11-5-14(24-6-11)17(27)26(8-10-1-2-10)9-18(20,21)22/h5-7,10,24H,1-4,8-9H2,(H,23,25). The molecule has 144 valence electrons. The number of H-pyrrole nitrogens is 1. The number of carbonyl (C=O) groups excluding carboxylic acids is 1. The summed E-state index contributed by atoms with van der Waals surface area (Å²) in [6, 6.07) is 1.41. The van der Waals surface area contributed by atoms with Gasteiger partial charge in [-0.25, -0.2) is 9.37 Å². The molecule has 5 nitrogen and oxygen atoms in total. The number of rotatable bonds is 5. The lowest BCUT2D eigenvalue weighted by Crippen LogP contribution is -2.40. The number of aromatic amines is 1. The van der Waals surface area contributed by atoms with Crippen molar-refractivity contribution in [2.45, 2.75) is 25.4 Å². The van der Waals surface area contributed by atoms with Crippen molar-refractivity contribution in [1.29, 1.82) is 0 Å². The summed E-state index contributed by atoms with van der Waals surface area (Å²) in [4.78, 5) is 20.2. The summed E-state index contributed by atoms with van der Waals surface area (Å²) in [5, 5.41) is 3.05. The maximum Gasteiger partial charge on any atom is 0.406 e. The Labute approximate surface area is 152 Å². The van der Waals surface area contributed by atoms with Gasteiger partial charge in [-0.2, -0.15) is 13.2 Å². The Bertz CT molecular complexity index is 873. The summed E-state index contributed by atoms with van der Waals surface area (Å²) < 4.78 is 52.9. The van der Waals surface area contributed by atoms with E-state index in [2.05, 4.69) is 15.3 Å². The molecule has 0 unspecified atom stereocenters. The van der Waals surface area contributed by atoms with E-state index in [0.717, 1.165) is 23.9 Å². The highest BCUT2D eigenvalue weighted by Gasteiger charge is 2.36. The van der Waals surface area contributed by atoms with Gasteiger partial charge in [0.1, 0.15) is 23.9 Å². The summed E-state index contributed by atoms with van der Waals surface area (Å²) in [5.74, 6) is -0.541. The van der Waals surface area contributed by atoms with E-state index in [4.69, 9.17) is 0 Å². The number of pyridine rings is 1. The molecule has 1 saturated carbocycles. The summed E-state index contributed by atoms with van der Waals surface area (Å²) in [5.41, 5.74) is 1.48. The molecule has 9 heteroatoms. The number of alkyl halides is 3. The first-order valence-corrected chi connectivity index (χ1v) is 8.78. The predicted molar refractivity (Wildman–Crippen MR) is 90.9 cm³/mol. The van der Waals surface area contributed by atoms with Crippen LogP contribution in [-0.2, 0) is 6.42 Å². The normalized spacial score (nSPS) is 16.1. The van der Waals surface area contributed by atoms with Gasteiger partial charge in [0, 0.05) is 36.0 Å². The van der Waals surface area contributed by atoms with Crippen LogP contribution in [0.2, 0.25) is 0 Å². The zero-order valence-corrected chi connectivity index (χ0v) is 14.4. The summed E-state index contributed by atoms with van der Waals surface area (Å²) in [7, 11) is 0. The quantitative estimate of drug-likeness (QED) is 0.777. The molecule has 2 N–H and O–H groups in total. The van der Waals surface area contributed by atoms with Gasteiger partial charge in [-0.3, -0.25) is 4.79 Å². The second-order valence-corrected chi connectivity index (χ2v) is 7.03. The van der Waals surface area contributed by atoms with E-state index in [9.17, 15) is 22.4 Å². The lowest BCUT2D eigenvalue weighted by Gasteiger charge is -2.23. The highest BCUT2D eigenvalue weighted by molar-refractivity contribution is 5.94. The first-order valence-electron chi connectivity index (χ1n) is 8.78. The fourth-order valence-electron chi connectivity index (χ4n) is 3.42.